The molecule has 10 heteroatoms. The van der Waals surface area contributed by atoms with Crippen molar-refractivity contribution < 1.29 is 17.2 Å². The van der Waals surface area contributed by atoms with Crippen LogP contribution in [0.4, 0.5) is 20.3 Å². The quantitative estimate of drug-likeness (QED) is 0.415. The van der Waals surface area contributed by atoms with Crippen molar-refractivity contribution in [2.75, 3.05) is 10.5 Å². The molecule has 32 heavy (non-hydrogen) atoms. The molecule has 0 spiro atoms. The van der Waals surface area contributed by atoms with Crippen LogP contribution in [0, 0.1) is 11.6 Å². The fraction of sp³-hybridized carbons (Fsp3) is 0.182. The Labute approximate surface area is 183 Å². The van der Waals surface area contributed by atoms with Gasteiger partial charge in [0.2, 0.25) is 0 Å². The number of rotatable bonds is 4. The molecular formula is C22H21F2N5O2S. The van der Waals surface area contributed by atoms with Gasteiger partial charge in [0.25, 0.3) is 10.0 Å². The largest absolute Gasteiger partial charge is 0.382 e. The van der Waals surface area contributed by atoms with Crippen LogP contribution in [0.1, 0.15) is 26.5 Å². The number of nitrogens with two attached hydrogens (primary N) is 1. The van der Waals surface area contributed by atoms with Gasteiger partial charge in [-0.3, -0.25) is 9.82 Å². The maximum Gasteiger partial charge on any atom is 0.262 e. The third-order valence-corrected chi connectivity index (χ3v) is 6.28. The molecule has 0 aliphatic rings. The van der Waals surface area contributed by atoms with E-state index >= 15 is 0 Å². The highest BCUT2D eigenvalue weighted by atomic mass is 32.2. The number of sulfonamides is 1. The number of aromatic nitrogens is 3. The summed E-state index contributed by atoms with van der Waals surface area (Å²) in [5.74, 6) is -1.65. The van der Waals surface area contributed by atoms with E-state index in [0.29, 0.717) is 22.9 Å². The first-order valence-electron chi connectivity index (χ1n) is 9.68. The van der Waals surface area contributed by atoms with E-state index in [2.05, 4.69) is 19.9 Å². The SMILES string of the molecule is CC(C)(C)c1cc(-c2ccc(NS(=O)(=O)c3cc(F)cc(F)c3)cc2)c2c(N)n[nH]c2n1. The van der Waals surface area contributed by atoms with Crippen molar-refractivity contribution in [3.8, 4) is 11.1 Å². The van der Waals surface area contributed by atoms with Gasteiger partial charge in [-0.15, -0.1) is 0 Å². The first-order valence-corrected chi connectivity index (χ1v) is 11.2. The average Bonchev–Trinajstić information content (AvgIpc) is 3.07. The second-order valence-corrected chi connectivity index (χ2v) is 10.1. The van der Waals surface area contributed by atoms with Crippen LogP contribution in [-0.2, 0) is 15.4 Å². The Morgan fingerprint density at radius 1 is 1.00 bits per heavy atom. The zero-order chi connectivity index (χ0) is 23.3. The molecule has 0 saturated heterocycles. The molecule has 0 radical (unpaired) electrons. The van der Waals surface area contributed by atoms with Crippen LogP contribution >= 0.6 is 0 Å². The van der Waals surface area contributed by atoms with Gasteiger partial charge in [0.05, 0.1) is 10.3 Å². The van der Waals surface area contributed by atoms with E-state index in [-0.39, 0.29) is 11.1 Å². The van der Waals surface area contributed by atoms with Crippen LogP contribution in [0.3, 0.4) is 0 Å². The Morgan fingerprint density at radius 2 is 1.62 bits per heavy atom. The van der Waals surface area contributed by atoms with Crippen LogP contribution in [0.25, 0.3) is 22.2 Å². The molecule has 0 atom stereocenters. The lowest BCUT2D eigenvalue weighted by molar-refractivity contribution is 0.568. The van der Waals surface area contributed by atoms with E-state index < -0.39 is 26.6 Å². The van der Waals surface area contributed by atoms with Crippen LogP contribution in [0.2, 0.25) is 0 Å². The monoisotopic (exact) mass is 457 g/mol. The van der Waals surface area contributed by atoms with Crippen molar-refractivity contribution in [3.05, 3.63) is 65.9 Å². The number of fused-ring (bicyclic) bond motifs is 1. The first kappa shape index (κ1) is 21.7. The molecular weight excluding hydrogens is 436 g/mol. The van der Waals surface area contributed by atoms with E-state index in [9.17, 15) is 17.2 Å². The van der Waals surface area contributed by atoms with Gasteiger partial charge >= 0.3 is 0 Å². The van der Waals surface area contributed by atoms with Gasteiger partial charge in [-0.1, -0.05) is 32.9 Å². The number of benzene rings is 2. The van der Waals surface area contributed by atoms with Crippen LogP contribution < -0.4 is 10.5 Å². The number of anilines is 2. The fourth-order valence-corrected chi connectivity index (χ4v) is 4.38. The Hall–Kier alpha value is -3.53. The van der Waals surface area contributed by atoms with Crippen molar-refractivity contribution in [1.82, 2.24) is 15.2 Å². The molecule has 7 nitrogen and oxygen atoms in total. The summed E-state index contributed by atoms with van der Waals surface area (Å²) in [4.78, 5) is 4.11. The van der Waals surface area contributed by atoms with Gasteiger partial charge in [-0.05, 0) is 41.5 Å². The van der Waals surface area contributed by atoms with Crippen LogP contribution in [0.15, 0.2) is 53.4 Å². The van der Waals surface area contributed by atoms with E-state index in [1.54, 1.807) is 24.3 Å². The number of nitrogens with zero attached hydrogens (tertiary/aromatic N) is 2. The highest BCUT2D eigenvalue weighted by Crippen LogP contribution is 2.35. The molecule has 0 bridgehead atoms. The molecule has 166 valence electrons. The number of hydrogen-bond donors (Lipinski definition) is 3. The summed E-state index contributed by atoms with van der Waals surface area (Å²) in [5.41, 5.74) is 9.02. The third-order valence-electron chi connectivity index (χ3n) is 4.92. The molecule has 0 amide bonds. The van der Waals surface area contributed by atoms with Crippen molar-refractivity contribution in [3.63, 3.8) is 0 Å². The molecule has 0 aliphatic heterocycles. The van der Waals surface area contributed by atoms with E-state index in [4.69, 9.17) is 5.73 Å². The topological polar surface area (TPSA) is 114 Å². The summed E-state index contributed by atoms with van der Waals surface area (Å²) in [6.45, 7) is 6.12. The average molecular weight is 458 g/mol. The van der Waals surface area contributed by atoms with E-state index in [0.717, 1.165) is 29.0 Å². The maximum absolute atomic E-state index is 13.4. The number of nitrogen functional groups attached to an aromatic ring is 1. The number of aromatic amines is 1. The van der Waals surface area contributed by atoms with Gasteiger partial charge in [0.15, 0.2) is 11.5 Å². The smallest absolute Gasteiger partial charge is 0.262 e. The molecule has 0 aliphatic carbocycles. The second-order valence-electron chi connectivity index (χ2n) is 8.43. The number of halogens is 2. The molecule has 4 rings (SSSR count). The molecule has 2 heterocycles. The Kier molecular flexibility index (Phi) is 5.12. The van der Waals surface area contributed by atoms with Gasteiger partial charge in [0, 0.05) is 22.9 Å². The van der Waals surface area contributed by atoms with E-state index in [1.165, 1.54) is 0 Å². The van der Waals surface area contributed by atoms with E-state index in [1.807, 2.05) is 26.8 Å². The lowest BCUT2D eigenvalue weighted by Crippen LogP contribution is -2.14. The first-order chi connectivity index (χ1) is 14.9. The molecule has 2 aromatic heterocycles. The number of nitrogens with one attached hydrogen (secondary N) is 2. The normalized spacial score (nSPS) is 12.3. The summed E-state index contributed by atoms with van der Waals surface area (Å²) in [6.07, 6.45) is 0. The predicted molar refractivity (Wildman–Crippen MR) is 120 cm³/mol. The van der Waals surface area contributed by atoms with Crippen LogP contribution in [-0.4, -0.2) is 23.6 Å². The predicted octanol–water partition coefficient (Wildman–Crippen LogP) is 4.58. The number of H-pyrrole nitrogens is 1. The zero-order valence-electron chi connectivity index (χ0n) is 17.6. The van der Waals surface area contributed by atoms with Gasteiger partial charge in [0.1, 0.15) is 11.6 Å². The van der Waals surface area contributed by atoms with Crippen LogP contribution in [0.5, 0.6) is 0 Å². The van der Waals surface area contributed by atoms with Crippen molar-refractivity contribution in [2.45, 2.75) is 31.1 Å². The van der Waals surface area contributed by atoms with Gasteiger partial charge in [-0.25, -0.2) is 22.2 Å². The van der Waals surface area contributed by atoms with Crippen molar-refractivity contribution in [2.24, 2.45) is 0 Å². The highest BCUT2D eigenvalue weighted by molar-refractivity contribution is 7.92. The molecule has 0 fully saturated rings. The maximum atomic E-state index is 13.4. The summed E-state index contributed by atoms with van der Waals surface area (Å²) < 4.78 is 54.2. The second kappa shape index (κ2) is 7.56. The summed E-state index contributed by atoms with van der Waals surface area (Å²) in [5, 5.41) is 7.57. The minimum absolute atomic E-state index is 0.224. The number of pyridine rings is 1. The minimum atomic E-state index is -4.17. The number of hydrogen-bond acceptors (Lipinski definition) is 5. The zero-order valence-corrected chi connectivity index (χ0v) is 18.4. The molecule has 0 unspecified atom stereocenters. The standard InChI is InChI=1S/C22H21F2N5O2S/c1-22(2,3)18-11-17(19-20(25)27-28-21(19)26-18)12-4-6-15(7-5-12)29-32(30,31)16-9-13(23)8-14(24)10-16/h4-11,29H,1-3H3,(H3,25,26,27,28). The Bertz CT molecular complexity index is 1410. The Morgan fingerprint density at radius 3 is 2.22 bits per heavy atom. The third kappa shape index (κ3) is 4.13. The molecule has 4 aromatic rings. The van der Waals surface area contributed by atoms with Gasteiger partial charge in [-0.2, -0.15) is 5.10 Å². The minimum Gasteiger partial charge on any atom is -0.382 e. The molecule has 2 aromatic carbocycles. The lowest BCUT2D eigenvalue weighted by Gasteiger charge is -2.19. The highest BCUT2D eigenvalue weighted by Gasteiger charge is 2.21. The summed E-state index contributed by atoms with van der Waals surface area (Å²) >= 11 is 0. The summed E-state index contributed by atoms with van der Waals surface area (Å²) in [7, 11) is -4.17. The van der Waals surface area contributed by atoms with Gasteiger partial charge < -0.3 is 5.73 Å². The lowest BCUT2D eigenvalue weighted by atomic mass is 9.89. The molecule has 0 saturated carbocycles. The van der Waals surface area contributed by atoms with Crippen molar-refractivity contribution in [1.29, 1.82) is 0 Å². The summed E-state index contributed by atoms with van der Waals surface area (Å²) in [6, 6.07) is 10.6. The van der Waals surface area contributed by atoms with Crippen molar-refractivity contribution >= 4 is 32.6 Å². The molecule has 4 N–H and O–H groups in total. The fourth-order valence-electron chi connectivity index (χ4n) is 3.28. The Balaban J connectivity index is 1.72.